The second kappa shape index (κ2) is 8.63. The molecule has 0 atom stereocenters. The van der Waals surface area contributed by atoms with Gasteiger partial charge in [-0.15, -0.1) is 13.2 Å². The van der Waals surface area contributed by atoms with Gasteiger partial charge in [-0.05, 0) is 60.9 Å². The highest BCUT2D eigenvalue weighted by atomic mass is 35.5. The van der Waals surface area contributed by atoms with Crippen molar-refractivity contribution in [2.75, 3.05) is 6.61 Å². The molecule has 2 bridgehead atoms. The molecule has 4 nitrogen and oxygen atoms in total. The van der Waals surface area contributed by atoms with E-state index in [9.17, 15) is 27.2 Å². The molecule has 176 valence electrons. The molecule has 0 unspecified atom stereocenters. The fourth-order valence-corrected chi connectivity index (χ4v) is 5.18. The number of benzene rings is 2. The summed E-state index contributed by atoms with van der Waals surface area (Å²) in [6.45, 7) is -0.169. The Hall–Kier alpha value is -2.61. The molecule has 9 heteroatoms. The van der Waals surface area contributed by atoms with E-state index in [-0.39, 0.29) is 45.5 Å². The zero-order valence-corrected chi connectivity index (χ0v) is 18.3. The van der Waals surface area contributed by atoms with Crippen LogP contribution in [0, 0.1) is 16.6 Å². The number of Topliss-reactive ketones (excluding diaryl/α,β-unsaturated/α-hetero) is 2. The van der Waals surface area contributed by atoms with E-state index >= 15 is 0 Å². The fraction of sp³-hybridized carbons (Fsp3) is 0.417. The van der Waals surface area contributed by atoms with E-state index < -0.39 is 12.2 Å². The molecule has 2 aromatic rings. The highest BCUT2D eigenvalue weighted by Gasteiger charge is 2.70. The van der Waals surface area contributed by atoms with Crippen molar-refractivity contribution in [1.29, 1.82) is 0 Å². The summed E-state index contributed by atoms with van der Waals surface area (Å²) in [4.78, 5) is 25.0. The van der Waals surface area contributed by atoms with Crippen LogP contribution in [0.25, 0.3) is 0 Å². The molecule has 0 aromatic heterocycles. The molecule has 3 saturated carbocycles. The summed E-state index contributed by atoms with van der Waals surface area (Å²) in [5, 5.41) is -0.0232. The predicted octanol–water partition coefficient (Wildman–Crippen LogP) is 6.09. The molecule has 0 radical (unpaired) electrons. The average Bonchev–Trinajstić information content (AvgIpc) is 2.68. The maximum Gasteiger partial charge on any atom is 0.573 e. The monoisotopic (exact) mass is 484 g/mol. The number of halogens is 5. The molecule has 3 aliphatic carbocycles. The van der Waals surface area contributed by atoms with E-state index in [4.69, 9.17) is 16.3 Å². The third-order valence-electron chi connectivity index (χ3n) is 6.39. The van der Waals surface area contributed by atoms with Crippen molar-refractivity contribution >= 4 is 23.2 Å². The summed E-state index contributed by atoms with van der Waals surface area (Å²) in [5.41, 5.74) is 0.225. The lowest BCUT2D eigenvalue weighted by Crippen LogP contribution is -2.65. The van der Waals surface area contributed by atoms with E-state index in [0.29, 0.717) is 38.5 Å². The first-order chi connectivity index (χ1) is 15.5. The highest BCUT2D eigenvalue weighted by Crippen LogP contribution is 2.75. The van der Waals surface area contributed by atoms with Crippen molar-refractivity contribution < 1.29 is 36.6 Å². The van der Waals surface area contributed by atoms with Crippen LogP contribution in [-0.2, 0) is 16.0 Å². The number of hydrogen-bond acceptors (Lipinski definition) is 4. The summed E-state index contributed by atoms with van der Waals surface area (Å²) in [7, 11) is 0. The largest absolute Gasteiger partial charge is 0.573 e. The lowest BCUT2D eigenvalue weighted by atomic mass is 9.33. The van der Waals surface area contributed by atoms with Crippen molar-refractivity contribution in [2.24, 2.45) is 10.8 Å². The topological polar surface area (TPSA) is 52.6 Å². The van der Waals surface area contributed by atoms with Crippen LogP contribution in [0.3, 0.4) is 0 Å². The van der Waals surface area contributed by atoms with Gasteiger partial charge < -0.3 is 9.47 Å². The minimum atomic E-state index is -4.74. The summed E-state index contributed by atoms with van der Waals surface area (Å²) in [6.07, 6.45) is -1.69. The standard InChI is InChI=1S/C24H21ClF4O4/c25-19-7-6-18(9-20(19)26)32-11-16(30)10-22-12-23(13-22,14-22)21(31)8-3-15-1-4-17(5-2-15)33-24(27,28)29/h1-2,4-7,9H,3,8,10-14H2. The van der Waals surface area contributed by atoms with Crippen LogP contribution in [0.15, 0.2) is 42.5 Å². The zero-order chi connectivity index (χ0) is 23.9. The van der Waals surface area contributed by atoms with Gasteiger partial charge in [-0.1, -0.05) is 23.7 Å². The lowest BCUT2D eigenvalue weighted by Gasteiger charge is -2.70. The smallest absolute Gasteiger partial charge is 0.486 e. The van der Waals surface area contributed by atoms with Crippen molar-refractivity contribution in [3.8, 4) is 11.5 Å². The molecule has 33 heavy (non-hydrogen) atoms. The van der Waals surface area contributed by atoms with Crippen LogP contribution in [0.5, 0.6) is 11.5 Å². The van der Waals surface area contributed by atoms with Crippen molar-refractivity contribution in [3.63, 3.8) is 0 Å². The van der Waals surface area contributed by atoms with E-state index in [1.54, 1.807) is 0 Å². The number of carbonyl (C=O) groups excluding carboxylic acids is 2. The van der Waals surface area contributed by atoms with Gasteiger partial charge in [0.25, 0.3) is 0 Å². The molecule has 3 aliphatic rings. The molecule has 0 saturated heterocycles. The Labute approximate surface area is 192 Å². The summed E-state index contributed by atoms with van der Waals surface area (Å²) in [6, 6.07) is 9.47. The van der Waals surface area contributed by atoms with Crippen LogP contribution < -0.4 is 9.47 Å². The van der Waals surface area contributed by atoms with Crippen LogP contribution >= 0.6 is 11.6 Å². The Balaban J connectivity index is 1.19. The van der Waals surface area contributed by atoms with Crippen molar-refractivity contribution in [3.05, 3.63) is 58.9 Å². The number of aryl methyl sites for hydroxylation is 1. The average molecular weight is 485 g/mol. The highest BCUT2D eigenvalue weighted by molar-refractivity contribution is 6.30. The third kappa shape index (κ3) is 5.32. The second-order valence-corrected chi connectivity index (χ2v) is 9.41. The van der Waals surface area contributed by atoms with Crippen molar-refractivity contribution in [1.82, 2.24) is 0 Å². The first-order valence-corrected chi connectivity index (χ1v) is 10.8. The molecule has 0 heterocycles. The first kappa shape index (κ1) is 23.5. The number of rotatable bonds is 10. The Morgan fingerprint density at radius 3 is 2.24 bits per heavy atom. The van der Waals surface area contributed by atoms with E-state index in [1.165, 1.54) is 36.4 Å². The third-order valence-corrected chi connectivity index (χ3v) is 6.70. The van der Waals surface area contributed by atoms with Gasteiger partial charge in [0, 0.05) is 24.3 Å². The van der Waals surface area contributed by atoms with Gasteiger partial charge in [0.2, 0.25) is 0 Å². The number of ether oxygens (including phenoxy) is 2. The maximum atomic E-state index is 13.4. The Bertz CT molecular complexity index is 1050. The number of hydrogen-bond donors (Lipinski definition) is 0. The molecule has 0 amide bonds. The first-order valence-electron chi connectivity index (χ1n) is 10.5. The lowest BCUT2D eigenvalue weighted by molar-refractivity contribution is -0.274. The quantitative estimate of drug-likeness (QED) is 0.383. The number of carbonyl (C=O) groups is 2. The van der Waals surface area contributed by atoms with Crippen LogP contribution in [-0.4, -0.2) is 24.5 Å². The summed E-state index contributed by atoms with van der Waals surface area (Å²) < 4.78 is 59.3. The van der Waals surface area contributed by atoms with Gasteiger partial charge in [0.05, 0.1) is 5.02 Å². The second-order valence-electron chi connectivity index (χ2n) is 9.01. The molecule has 0 N–H and O–H groups in total. The normalized spacial score (nSPS) is 23.3. The summed E-state index contributed by atoms with van der Waals surface area (Å²) >= 11 is 5.62. The van der Waals surface area contributed by atoms with Crippen LogP contribution in [0.1, 0.15) is 37.7 Å². The molecule has 0 spiro atoms. The molecular weight excluding hydrogens is 464 g/mol. The fourth-order valence-electron chi connectivity index (χ4n) is 5.06. The van der Waals surface area contributed by atoms with Gasteiger partial charge >= 0.3 is 6.36 Å². The Kier molecular flexibility index (Phi) is 6.16. The van der Waals surface area contributed by atoms with E-state index in [2.05, 4.69) is 4.74 Å². The molecule has 0 aliphatic heterocycles. The van der Waals surface area contributed by atoms with Gasteiger partial charge in [-0.25, -0.2) is 4.39 Å². The van der Waals surface area contributed by atoms with E-state index in [0.717, 1.165) is 11.6 Å². The zero-order valence-electron chi connectivity index (χ0n) is 17.5. The van der Waals surface area contributed by atoms with Crippen LogP contribution in [0.4, 0.5) is 17.6 Å². The molecule has 2 aromatic carbocycles. The maximum absolute atomic E-state index is 13.4. The minimum Gasteiger partial charge on any atom is -0.486 e. The van der Waals surface area contributed by atoms with Crippen molar-refractivity contribution in [2.45, 2.75) is 44.9 Å². The molecule has 5 rings (SSSR count). The predicted molar refractivity (Wildman–Crippen MR) is 112 cm³/mol. The Morgan fingerprint density at radius 2 is 1.64 bits per heavy atom. The SMILES string of the molecule is O=C(COc1ccc(Cl)c(F)c1)CC12CC(C(=O)CCc3ccc(OC(F)(F)F)cc3)(C1)C2. The minimum absolute atomic E-state index is 0.0232. The summed E-state index contributed by atoms with van der Waals surface area (Å²) in [5.74, 6) is -0.666. The number of alkyl halides is 3. The van der Waals surface area contributed by atoms with Gasteiger partial charge in [0.15, 0.2) is 5.78 Å². The number of ketones is 2. The Morgan fingerprint density at radius 1 is 1.00 bits per heavy atom. The van der Waals surface area contributed by atoms with Gasteiger partial charge in [-0.3, -0.25) is 9.59 Å². The van der Waals surface area contributed by atoms with Gasteiger partial charge in [-0.2, -0.15) is 0 Å². The molecular formula is C24H21ClF4O4. The van der Waals surface area contributed by atoms with Gasteiger partial charge in [0.1, 0.15) is 29.7 Å². The molecule has 3 fully saturated rings. The van der Waals surface area contributed by atoms with Crippen LogP contribution in [0.2, 0.25) is 5.02 Å². The van der Waals surface area contributed by atoms with E-state index in [1.807, 2.05) is 0 Å².